The van der Waals surface area contributed by atoms with Gasteiger partial charge in [-0.05, 0) is 16.8 Å². The highest BCUT2D eigenvalue weighted by Gasteiger charge is 2.11. The molecule has 0 aromatic heterocycles. The molecule has 2 aromatic carbocycles. The molecule has 2 N–H and O–H groups in total. The fourth-order valence-corrected chi connectivity index (χ4v) is 1.89. The molecule has 94 valence electrons. The van der Waals surface area contributed by atoms with Gasteiger partial charge < -0.3 is 0 Å². The van der Waals surface area contributed by atoms with Gasteiger partial charge in [0.25, 0.3) is 0 Å². The van der Waals surface area contributed by atoms with E-state index in [0.717, 1.165) is 0 Å². The Labute approximate surface area is 105 Å². The molecule has 0 saturated heterocycles. The zero-order valence-corrected chi connectivity index (χ0v) is 9.96. The summed E-state index contributed by atoms with van der Waals surface area (Å²) in [6, 6.07) is 12.9. The second-order valence-electron chi connectivity index (χ2n) is 3.69. The predicted molar refractivity (Wildman–Crippen MR) is 54.6 cm³/mol. The highest BCUT2D eigenvalue weighted by Crippen LogP contribution is 2.26. The summed E-state index contributed by atoms with van der Waals surface area (Å²) < 4.78 is 34.0. The Morgan fingerprint density at radius 3 is 2.28 bits per heavy atom. The minimum Gasteiger partial charge on any atom is -0.287 e. The number of nitrogens with two attached hydrogens (primary N) is 1. The van der Waals surface area contributed by atoms with E-state index in [2.05, 4.69) is 54.0 Å². The van der Waals surface area contributed by atoms with Gasteiger partial charge in [0.2, 0.25) is 0 Å². The van der Waals surface area contributed by atoms with E-state index >= 15 is 0 Å². The van der Waals surface area contributed by atoms with Crippen LogP contribution in [-0.2, 0) is 0 Å². The number of rotatable bonds is 0. The molecule has 3 rings (SSSR count). The van der Waals surface area contributed by atoms with E-state index in [4.69, 9.17) is 18.6 Å². The van der Waals surface area contributed by atoms with E-state index in [0.29, 0.717) is 0 Å². The normalized spacial score (nSPS) is 13.1. The van der Waals surface area contributed by atoms with Crippen LogP contribution in [0.25, 0.3) is 16.8 Å². The smallest absolute Gasteiger partial charge is 0.142 e. The number of quaternary nitrogens is 1. The van der Waals surface area contributed by atoms with Gasteiger partial charge in [-0.1, -0.05) is 24.3 Å². The van der Waals surface area contributed by atoms with E-state index < -0.39 is 10.2 Å². The highest BCUT2D eigenvalue weighted by molar-refractivity contribution is 5.94. The molecule has 0 amide bonds. The zero-order valence-electron chi connectivity index (χ0n) is 9.21. The maximum atomic E-state index is 8.49. The van der Waals surface area contributed by atoms with Gasteiger partial charge in [-0.3, -0.25) is 5.32 Å². The quantitative estimate of drug-likeness (QED) is 0.522. The molecule has 0 aliphatic carbocycles. The maximum Gasteiger partial charge on any atom is 0.142 e. The molecule has 5 nitrogen and oxygen atoms in total. The first-order valence-electron chi connectivity index (χ1n) is 5.10. The summed E-state index contributed by atoms with van der Waals surface area (Å²) in [5.74, 6) is 0. The summed E-state index contributed by atoms with van der Waals surface area (Å²) in [5, 5.41) is 4.83. The molecular weight excluding hydrogens is 258 g/mol. The van der Waals surface area contributed by atoms with Crippen molar-refractivity contribution in [2.75, 3.05) is 0 Å². The SMILES string of the molecule is C1=Cc2c(ccc3ccccc23)[NH2+]1.[O-][Cl+3]([O-])([O-])[O-]. The number of benzene rings is 2. The van der Waals surface area contributed by atoms with Crippen molar-refractivity contribution in [2.24, 2.45) is 0 Å². The van der Waals surface area contributed by atoms with Crippen LogP contribution in [0, 0.1) is 10.2 Å². The second-order valence-corrected chi connectivity index (χ2v) is 4.45. The van der Waals surface area contributed by atoms with Gasteiger partial charge >= 0.3 is 0 Å². The zero-order chi connectivity index (χ0) is 13.2. The molecule has 0 fully saturated rings. The van der Waals surface area contributed by atoms with E-state index in [1.807, 2.05) is 0 Å². The average Bonchev–Trinajstić information content (AvgIpc) is 2.75. The molecule has 1 aliphatic heterocycles. The summed E-state index contributed by atoms with van der Waals surface area (Å²) in [6.45, 7) is 0. The van der Waals surface area contributed by atoms with E-state index in [1.165, 1.54) is 22.0 Å². The average molecular weight is 268 g/mol. The monoisotopic (exact) mass is 267 g/mol. The van der Waals surface area contributed by atoms with E-state index in [9.17, 15) is 0 Å². The summed E-state index contributed by atoms with van der Waals surface area (Å²) >= 11 is 0. The molecular formula is C12H10ClNO4. The molecule has 6 heteroatoms. The van der Waals surface area contributed by atoms with Crippen molar-refractivity contribution in [3.8, 4) is 0 Å². The molecule has 0 saturated carbocycles. The lowest BCUT2D eigenvalue weighted by Crippen LogP contribution is -2.69. The van der Waals surface area contributed by atoms with Gasteiger partial charge in [0.1, 0.15) is 5.69 Å². The van der Waals surface area contributed by atoms with E-state index in [1.54, 1.807) is 0 Å². The Balaban J connectivity index is 0.000000209. The van der Waals surface area contributed by atoms with Crippen LogP contribution in [0.1, 0.15) is 5.56 Å². The van der Waals surface area contributed by atoms with Gasteiger partial charge in [-0.15, -0.1) is 10.2 Å². The Kier molecular flexibility index (Phi) is 3.63. The topological polar surface area (TPSA) is 109 Å². The van der Waals surface area contributed by atoms with Crippen molar-refractivity contribution < 1.29 is 34.2 Å². The Bertz CT molecular complexity index is 586. The first kappa shape index (κ1) is 13.0. The van der Waals surface area contributed by atoms with Crippen LogP contribution < -0.4 is 24.0 Å². The van der Waals surface area contributed by atoms with Gasteiger partial charge in [-0.2, -0.15) is 0 Å². The van der Waals surface area contributed by atoms with Crippen LogP contribution in [0.15, 0.2) is 42.6 Å². The first-order chi connectivity index (χ1) is 8.45. The Morgan fingerprint density at radius 1 is 0.889 bits per heavy atom. The maximum absolute atomic E-state index is 8.49. The molecule has 2 aromatic rings. The number of hydrogen-bond acceptors (Lipinski definition) is 4. The van der Waals surface area contributed by atoms with Crippen LogP contribution in [0.3, 0.4) is 0 Å². The van der Waals surface area contributed by atoms with Gasteiger partial charge in [0.05, 0.1) is 6.20 Å². The highest BCUT2D eigenvalue weighted by atomic mass is 35.7. The molecule has 0 radical (unpaired) electrons. The number of hydrogen-bond donors (Lipinski definition) is 1. The number of fused-ring (bicyclic) bond motifs is 3. The van der Waals surface area contributed by atoms with Crippen LogP contribution in [-0.4, -0.2) is 0 Å². The second kappa shape index (κ2) is 5.03. The lowest BCUT2D eigenvalue weighted by atomic mass is 10.0. The fraction of sp³-hybridized carbons (Fsp3) is 0. The third-order valence-electron chi connectivity index (χ3n) is 2.54. The van der Waals surface area contributed by atoms with Crippen LogP contribution >= 0.6 is 0 Å². The van der Waals surface area contributed by atoms with Crippen LogP contribution in [0.4, 0.5) is 5.69 Å². The molecule has 18 heavy (non-hydrogen) atoms. The Hall–Kier alpha value is -1.47. The van der Waals surface area contributed by atoms with Crippen LogP contribution in [0.2, 0.25) is 0 Å². The van der Waals surface area contributed by atoms with Crippen molar-refractivity contribution in [3.63, 3.8) is 0 Å². The van der Waals surface area contributed by atoms with Gasteiger partial charge in [-0.25, -0.2) is 18.6 Å². The van der Waals surface area contributed by atoms with Crippen LogP contribution in [0.5, 0.6) is 0 Å². The molecule has 0 unspecified atom stereocenters. The molecule has 0 bridgehead atoms. The van der Waals surface area contributed by atoms with E-state index in [-0.39, 0.29) is 0 Å². The van der Waals surface area contributed by atoms with Gasteiger partial charge in [0.15, 0.2) is 0 Å². The van der Waals surface area contributed by atoms with Crippen molar-refractivity contribution in [2.45, 2.75) is 0 Å². The third-order valence-corrected chi connectivity index (χ3v) is 2.54. The summed E-state index contributed by atoms with van der Waals surface area (Å²) in [6.07, 6.45) is 4.29. The van der Waals surface area contributed by atoms with Crippen molar-refractivity contribution in [1.29, 1.82) is 0 Å². The third kappa shape index (κ3) is 3.27. The van der Waals surface area contributed by atoms with Crippen molar-refractivity contribution >= 4 is 22.5 Å². The lowest BCUT2D eigenvalue weighted by molar-refractivity contribution is -2.00. The minimum atomic E-state index is -4.94. The number of halogens is 1. The standard InChI is InChI=1S/C12H9N.ClHO4/c1-2-4-10-9(3-1)5-6-12-11(10)7-8-13-12;2-1(3,4)5/h1-8,13H;(H,2,3,4,5). The molecule has 1 aliphatic rings. The minimum absolute atomic E-state index is 1.32. The fourth-order valence-electron chi connectivity index (χ4n) is 1.89. The van der Waals surface area contributed by atoms with Crippen molar-refractivity contribution in [1.82, 2.24) is 0 Å². The molecule has 0 spiro atoms. The summed E-state index contributed by atoms with van der Waals surface area (Å²) in [7, 11) is -4.94. The molecule has 1 heterocycles. The molecule has 0 atom stereocenters. The largest absolute Gasteiger partial charge is 0.287 e. The summed E-state index contributed by atoms with van der Waals surface area (Å²) in [4.78, 5) is 0. The van der Waals surface area contributed by atoms with Gasteiger partial charge in [0, 0.05) is 17.7 Å². The predicted octanol–water partition coefficient (Wildman–Crippen LogP) is -2.74. The lowest BCUT2D eigenvalue weighted by Gasteiger charge is -2.17. The Morgan fingerprint density at radius 2 is 1.56 bits per heavy atom. The first-order valence-corrected chi connectivity index (χ1v) is 6.33. The van der Waals surface area contributed by atoms with Crippen molar-refractivity contribution in [3.05, 3.63) is 48.2 Å². The summed E-state index contributed by atoms with van der Waals surface area (Å²) in [5.41, 5.74) is 2.69.